The highest BCUT2D eigenvalue weighted by Crippen LogP contribution is 2.27. The Morgan fingerprint density at radius 1 is 1.05 bits per heavy atom. The maximum atomic E-state index is 9.38. The topological polar surface area (TPSA) is 68.3 Å². The van der Waals surface area contributed by atoms with Crippen molar-refractivity contribution in [2.24, 2.45) is 5.73 Å². The molecule has 0 bridgehead atoms. The van der Waals surface area contributed by atoms with Gasteiger partial charge in [0.2, 0.25) is 0 Å². The minimum atomic E-state index is -1.05. The van der Waals surface area contributed by atoms with Gasteiger partial charge in [-0.1, -0.05) is 42.5 Å². The lowest BCUT2D eigenvalue weighted by Gasteiger charge is -2.22. The van der Waals surface area contributed by atoms with E-state index < -0.39 is 5.54 Å². The average molecular weight is 282 g/mol. The van der Waals surface area contributed by atoms with Gasteiger partial charge in [-0.3, -0.25) is 0 Å². The van der Waals surface area contributed by atoms with Gasteiger partial charge in [0.1, 0.15) is 5.54 Å². The third-order valence-electron chi connectivity index (χ3n) is 3.31. The summed E-state index contributed by atoms with van der Waals surface area (Å²) in [5, 5.41) is 9.38. The highest BCUT2D eigenvalue weighted by molar-refractivity contribution is 5.39. The van der Waals surface area contributed by atoms with Crippen molar-refractivity contribution in [3.05, 3.63) is 60.2 Å². The lowest BCUT2D eigenvalue weighted by Crippen LogP contribution is -2.36. The summed E-state index contributed by atoms with van der Waals surface area (Å²) in [6, 6.07) is 18.9. The first-order chi connectivity index (χ1) is 10.2. The van der Waals surface area contributed by atoms with E-state index >= 15 is 0 Å². The molecule has 21 heavy (non-hydrogen) atoms. The van der Waals surface area contributed by atoms with Gasteiger partial charge in [0.05, 0.1) is 19.8 Å². The Balaban J connectivity index is 2.03. The highest BCUT2D eigenvalue weighted by Gasteiger charge is 2.27. The molecule has 2 N–H and O–H groups in total. The van der Waals surface area contributed by atoms with E-state index in [-0.39, 0.29) is 0 Å². The van der Waals surface area contributed by atoms with Crippen LogP contribution in [0.5, 0.6) is 11.5 Å². The number of ether oxygens (including phenoxy) is 2. The van der Waals surface area contributed by atoms with Crippen LogP contribution >= 0.6 is 0 Å². The normalized spacial score (nSPS) is 13.0. The van der Waals surface area contributed by atoms with Crippen LogP contribution in [0.1, 0.15) is 12.0 Å². The minimum absolute atomic E-state index is 0.333. The highest BCUT2D eigenvalue weighted by atomic mass is 16.5. The Kier molecular flexibility index (Phi) is 4.81. The van der Waals surface area contributed by atoms with Gasteiger partial charge in [0, 0.05) is 6.42 Å². The van der Waals surface area contributed by atoms with Crippen molar-refractivity contribution >= 4 is 0 Å². The van der Waals surface area contributed by atoms with E-state index in [2.05, 4.69) is 6.07 Å². The number of para-hydroxylation sites is 2. The molecular formula is C17H18N2O2. The second-order valence-electron chi connectivity index (χ2n) is 4.70. The van der Waals surface area contributed by atoms with Gasteiger partial charge in [-0.05, 0) is 17.7 Å². The summed E-state index contributed by atoms with van der Waals surface area (Å²) < 4.78 is 10.9. The van der Waals surface area contributed by atoms with Crippen molar-refractivity contribution in [3.63, 3.8) is 0 Å². The summed E-state index contributed by atoms with van der Waals surface area (Å²) in [5.74, 6) is 1.31. The second kappa shape index (κ2) is 6.78. The van der Waals surface area contributed by atoms with Crippen molar-refractivity contribution in [2.45, 2.75) is 12.0 Å². The molecule has 0 spiro atoms. The fourth-order valence-electron chi connectivity index (χ4n) is 2.06. The molecule has 0 aromatic heterocycles. The van der Waals surface area contributed by atoms with Crippen LogP contribution in [-0.2, 0) is 5.54 Å². The molecule has 0 amide bonds. The number of nitrogens with two attached hydrogens (primary N) is 1. The van der Waals surface area contributed by atoms with E-state index in [0.717, 1.165) is 5.56 Å². The van der Waals surface area contributed by atoms with Gasteiger partial charge in [0.25, 0.3) is 0 Å². The average Bonchev–Trinajstić information content (AvgIpc) is 2.56. The zero-order chi connectivity index (χ0) is 15.1. The molecular weight excluding hydrogens is 264 g/mol. The van der Waals surface area contributed by atoms with E-state index in [0.29, 0.717) is 24.5 Å². The van der Waals surface area contributed by atoms with E-state index in [1.54, 1.807) is 7.11 Å². The molecule has 2 aromatic carbocycles. The van der Waals surface area contributed by atoms with E-state index in [1.807, 2.05) is 54.6 Å². The number of methoxy groups -OCH3 is 1. The Morgan fingerprint density at radius 2 is 1.67 bits per heavy atom. The number of benzene rings is 2. The first-order valence-electron chi connectivity index (χ1n) is 6.71. The Bertz CT molecular complexity index is 622. The van der Waals surface area contributed by atoms with Crippen molar-refractivity contribution in [2.75, 3.05) is 13.7 Å². The molecule has 0 saturated carbocycles. The Morgan fingerprint density at radius 3 is 2.29 bits per heavy atom. The summed E-state index contributed by atoms with van der Waals surface area (Å²) in [7, 11) is 1.59. The van der Waals surface area contributed by atoms with Crippen LogP contribution in [-0.4, -0.2) is 13.7 Å². The Labute approximate surface area is 124 Å². The second-order valence-corrected chi connectivity index (χ2v) is 4.70. The van der Waals surface area contributed by atoms with Crippen molar-refractivity contribution in [1.29, 1.82) is 5.26 Å². The maximum Gasteiger partial charge on any atom is 0.161 e. The van der Waals surface area contributed by atoms with Crippen molar-refractivity contribution in [1.82, 2.24) is 0 Å². The molecule has 0 aliphatic heterocycles. The standard InChI is InChI=1S/C17H18N2O2/c1-20-15-9-5-6-10-16(15)21-12-11-17(19,13-18)14-7-3-2-4-8-14/h2-10H,11-12,19H2,1H3. The Hall–Kier alpha value is -2.51. The number of hydrogen-bond acceptors (Lipinski definition) is 4. The van der Waals surface area contributed by atoms with Crippen LogP contribution in [0.25, 0.3) is 0 Å². The van der Waals surface area contributed by atoms with Gasteiger partial charge in [0.15, 0.2) is 11.5 Å². The number of nitriles is 1. The fourth-order valence-corrected chi connectivity index (χ4v) is 2.06. The van der Waals surface area contributed by atoms with Crippen molar-refractivity contribution in [3.8, 4) is 17.6 Å². The predicted octanol–water partition coefficient (Wildman–Crippen LogP) is 2.84. The van der Waals surface area contributed by atoms with E-state index in [1.165, 1.54) is 0 Å². The molecule has 2 aromatic rings. The van der Waals surface area contributed by atoms with Crippen LogP contribution in [0.4, 0.5) is 0 Å². The molecule has 4 nitrogen and oxygen atoms in total. The zero-order valence-electron chi connectivity index (χ0n) is 12.0. The zero-order valence-corrected chi connectivity index (χ0v) is 12.0. The van der Waals surface area contributed by atoms with Gasteiger partial charge >= 0.3 is 0 Å². The van der Waals surface area contributed by atoms with Crippen LogP contribution in [0, 0.1) is 11.3 Å². The maximum absolute atomic E-state index is 9.38. The van der Waals surface area contributed by atoms with Gasteiger partial charge in [-0.15, -0.1) is 0 Å². The smallest absolute Gasteiger partial charge is 0.161 e. The lowest BCUT2D eigenvalue weighted by atomic mass is 9.89. The summed E-state index contributed by atoms with van der Waals surface area (Å²) in [6.07, 6.45) is 0.394. The first-order valence-corrected chi connectivity index (χ1v) is 6.71. The molecule has 1 atom stereocenters. The molecule has 0 saturated heterocycles. The van der Waals surface area contributed by atoms with Gasteiger partial charge in [-0.2, -0.15) is 5.26 Å². The number of rotatable bonds is 6. The SMILES string of the molecule is COc1ccccc1OCCC(N)(C#N)c1ccccc1. The van der Waals surface area contributed by atoms with Crippen molar-refractivity contribution < 1.29 is 9.47 Å². The monoisotopic (exact) mass is 282 g/mol. The molecule has 0 radical (unpaired) electrons. The lowest BCUT2D eigenvalue weighted by molar-refractivity contribution is 0.266. The molecule has 0 aliphatic rings. The molecule has 2 rings (SSSR count). The molecule has 108 valence electrons. The summed E-state index contributed by atoms with van der Waals surface area (Å²) in [4.78, 5) is 0. The van der Waals surface area contributed by atoms with Crippen LogP contribution in [0.2, 0.25) is 0 Å². The molecule has 4 heteroatoms. The fraction of sp³-hybridized carbons (Fsp3) is 0.235. The molecule has 0 fully saturated rings. The largest absolute Gasteiger partial charge is 0.493 e. The summed E-state index contributed by atoms with van der Waals surface area (Å²) >= 11 is 0. The van der Waals surface area contributed by atoms with Crippen LogP contribution < -0.4 is 15.2 Å². The first kappa shape index (κ1) is 14.9. The molecule has 0 heterocycles. The quantitative estimate of drug-likeness (QED) is 0.884. The minimum Gasteiger partial charge on any atom is -0.493 e. The van der Waals surface area contributed by atoms with Crippen LogP contribution in [0.3, 0.4) is 0 Å². The van der Waals surface area contributed by atoms with Crippen LogP contribution in [0.15, 0.2) is 54.6 Å². The van der Waals surface area contributed by atoms with Gasteiger partial charge < -0.3 is 15.2 Å². The third-order valence-corrected chi connectivity index (χ3v) is 3.31. The number of nitrogens with zero attached hydrogens (tertiary/aromatic N) is 1. The summed E-state index contributed by atoms with van der Waals surface area (Å²) in [5.41, 5.74) is 5.92. The summed E-state index contributed by atoms with van der Waals surface area (Å²) in [6.45, 7) is 0.333. The van der Waals surface area contributed by atoms with Gasteiger partial charge in [-0.25, -0.2) is 0 Å². The van der Waals surface area contributed by atoms with E-state index in [9.17, 15) is 5.26 Å². The predicted molar refractivity (Wildman–Crippen MR) is 81.0 cm³/mol. The molecule has 0 aliphatic carbocycles. The number of hydrogen-bond donors (Lipinski definition) is 1. The third kappa shape index (κ3) is 3.53. The molecule has 1 unspecified atom stereocenters. The van der Waals surface area contributed by atoms with E-state index in [4.69, 9.17) is 15.2 Å².